The fourth-order valence-electron chi connectivity index (χ4n) is 10.2. The molecular weight excluding hydrogens is 901 g/mol. The maximum Gasteiger partial charge on any atom is 0.338 e. The van der Waals surface area contributed by atoms with E-state index in [1.807, 2.05) is 0 Å². The lowest BCUT2D eigenvalue weighted by Gasteiger charge is -2.67. The van der Waals surface area contributed by atoms with E-state index in [0.29, 0.717) is 5.56 Å². The number of primary amides is 2. The fourth-order valence-corrected chi connectivity index (χ4v) is 10.2. The van der Waals surface area contributed by atoms with Crippen molar-refractivity contribution in [3.63, 3.8) is 0 Å². The number of aliphatic hydroxyl groups is 3. The third-order valence-electron chi connectivity index (χ3n) is 13.5. The number of carbonyl (C=O) groups is 7. The maximum atomic E-state index is 15.5. The molecular formula is C48H58N6O15. The summed E-state index contributed by atoms with van der Waals surface area (Å²) in [5.41, 5.74) is 7.09. The number of esters is 4. The van der Waals surface area contributed by atoms with Crippen molar-refractivity contribution in [2.75, 3.05) is 6.61 Å². The molecule has 11 N–H and O–H groups in total. The number of nitrogens with zero attached hydrogens (tertiary/aromatic N) is 1. The number of ketones is 1. The Bertz CT molecular complexity index is 2450. The number of nitrogens with two attached hydrogens (primary N) is 3. The van der Waals surface area contributed by atoms with E-state index in [4.69, 9.17) is 34.0 Å². The first kappa shape index (κ1) is 52.9. The molecule has 1 aliphatic heterocycles. The second-order valence-corrected chi connectivity index (χ2v) is 17.9. The number of benzene rings is 3. The third-order valence-corrected chi connectivity index (χ3v) is 13.5. The van der Waals surface area contributed by atoms with Crippen LogP contribution in [-0.2, 0) is 42.9 Å². The first-order chi connectivity index (χ1) is 32.4. The molecule has 0 spiro atoms. The Kier molecular flexibility index (Phi) is 16.1. The Morgan fingerprint density at radius 1 is 0.855 bits per heavy atom. The molecule has 21 heteroatoms. The lowest BCUT2D eigenvalue weighted by Crippen LogP contribution is -2.82. The lowest BCUT2D eigenvalue weighted by molar-refractivity contribution is -0.346. The Labute approximate surface area is 397 Å². The van der Waals surface area contributed by atoms with Gasteiger partial charge in [-0.25, -0.2) is 14.4 Å². The number of rotatable bonds is 10. The third kappa shape index (κ3) is 10.2. The normalized spacial score (nSPS) is 29.1. The average molecular weight is 959 g/mol. The van der Waals surface area contributed by atoms with E-state index >= 15 is 4.79 Å². The van der Waals surface area contributed by atoms with E-state index in [9.17, 15) is 39.3 Å². The molecule has 1 saturated heterocycles. The van der Waals surface area contributed by atoms with Crippen molar-refractivity contribution in [3.8, 4) is 0 Å². The van der Waals surface area contributed by atoms with Gasteiger partial charge in [0.15, 0.2) is 23.6 Å². The smallest absolute Gasteiger partial charge is 0.338 e. The number of hydrogen-bond acceptors (Lipinski definition) is 17. The predicted molar refractivity (Wildman–Crippen MR) is 241 cm³/mol. The number of hydrogen-bond donors (Lipinski definition) is 8. The number of Topliss-reactive ketones (excluding diaryl/α,β-unsaturated/α-hetero) is 1. The first-order valence-electron chi connectivity index (χ1n) is 21.7. The molecule has 69 heavy (non-hydrogen) atoms. The van der Waals surface area contributed by atoms with Gasteiger partial charge in [-0.15, -0.1) is 0 Å². The molecule has 0 unspecified atom stereocenters. The standard InChI is InChI=1S/C47H51NO14.CH4N2O.H3N3/c1-25-31(60-43(56)36(52)35(28-16-10-7-11-17-28)48-41(54)29-18-12-8-13-19-29)23-47(57)40(61-42(55)30-20-14-9-15-21-30)38-45(6,32(51)22-33-46(38,24-58-33)62-27(3)50)39(53)37(59-26(2)49)34(25)44(47,4)5;2-1(3)4;1-3-2/h7-21,31-33,35-38,40,51-52,57H,22-24H2,1-6H3,(H,48,54);(H4,2,3,4);(H3,1,2)/t31-,32-,33+,35-,36+,37+,38-,40-,45+,46-,47+;;/m0../s1. The van der Waals surface area contributed by atoms with Crippen LogP contribution < -0.4 is 22.6 Å². The number of fused-ring (bicyclic) bond motifs is 5. The van der Waals surface area contributed by atoms with E-state index in [2.05, 4.69) is 27.9 Å². The molecule has 0 radical (unpaired) electrons. The Balaban J connectivity index is 0.00000119. The SMILES string of the molecule is CC(=O)O[C@H]1C(=O)[C@@]2(C)[C@H]([C@H](OC(=O)c3ccccc3)[C@]3(O)C[C@H](OC(=O)[C@H](O)[C@@H](NC(=O)c4ccccc4)c4ccccc4)C(C)=C1C3(C)C)[C@]1(OC(C)=O)CO[C@@H]1C[C@@H]2O.N=NN.NC(N)=O. The summed E-state index contributed by atoms with van der Waals surface area (Å²) in [4.78, 5) is 92.5. The van der Waals surface area contributed by atoms with E-state index < -0.39 is 119 Å². The molecule has 11 atom stereocenters. The molecule has 4 aliphatic rings. The van der Waals surface area contributed by atoms with Gasteiger partial charge in [0, 0.05) is 37.7 Å². The van der Waals surface area contributed by atoms with Gasteiger partial charge in [-0.3, -0.25) is 19.2 Å². The summed E-state index contributed by atoms with van der Waals surface area (Å²) in [6.45, 7) is 7.97. The topological polar surface area (TPSA) is 353 Å². The van der Waals surface area contributed by atoms with Crippen LogP contribution in [0.2, 0.25) is 0 Å². The van der Waals surface area contributed by atoms with Crippen LogP contribution in [0.1, 0.15) is 86.7 Å². The van der Waals surface area contributed by atoms with Crippen molar-refractivity contribution in [3.05, 3.63) is 119 Å². The van der Waals surface area contributed by atoms with Crippen LogP contribution in [0.15, 0.2) is 107 Å². The summed E-state index contributed by atoms with van der Waals surface area (Å²) in [5.74, 6) is -2.70. The van der Waals surface area contributed by atoms with Crippen molar-refractivity contribution in [1.82, 2.24) is 5.32 Å². The summed E-state index contributed by atoms with van der Waals surface area (Å²) in [7, 11) is 0. The van der Waals surface area contributed by atoms with Gasteiger partial charge in [0.1, 0.15) is 23.9 Å². The van der Waals surface area contributed by atoms with Crippen molar-refractivity contribution < 1.29 is 72.6 Å². The van der Waals surface area contributed by atoms with Crippen LogP contribution in [-0.4, -0.2) is 111 Å². The van der Waals surface area contributed by atoms with Crippen molar-refractivity contribution in [2.24, 2.45) is 39.3 Å². The Morgan fingerprint density at radius 2 is 1.38 bits per heavy atom. The maximum absolute atomic E-state index is 15.5. The second-order valence-electron chi connectivity index (χ2n) is 17.9. The first-order valence-corrected chi connectivity index (χ1v) is 21.7. The minimum atomic E-state index is -2.39. The number of ether oxygens (including phenoxy) is 5. The van der Waals surface area contributed by atoms with Crippen molar-refractivity contribution >= 4 is 41.6 Å². The van der Waals surface area contributed by atoms with E-state index in [1.165, 1.54) is 26.0 Å². The van der Waals surface area contributed by atoms with Gasteiger partial charge in [0.05, 0.1) is 35.6 Å². The van der Waals surface area contributed by atoms with Gasteiger partial charge >= 0.3 is 29.9 Å². The second kappa shape index (κ2) is 21.1. The van der Waals surface area contributed by atoms with E-state index in [1.54, 1.807) is 92.7 Å². The summed E-state index contributed by atoms with van der Waals surface area (Å²) in [5, 5.41) is 42.5. The van der Waals surface area contributed by atoms with Crippen LogP contribution >= 0.6 is 0 Å². The Hall–Kier alpha value is -7.07. The lowest BCUT2D eigenvalue weighted by atomic mass is 9.44. The summed E-state index contributed by atoms with van der Waals surface area (Å²) < 4.78 is 30.3. The summed E-state index contributed by atoms with van der Waals surface area (Å²) in [6, 6.07) is 22.1. The number of nitrogens with one attached hydrogen (secondary N) is 2. The molecule has 370 valence electrons. The monoisotopic (exact) mass is 958 g/mol. The van der Waals surface area contributed by atoms with Gasteiger partial charge < -0.3 is 61.6 Å². The number of aliphatic hydroxyl groups excluding tert-OH is 2. The highest BCUT2D eigenvalue weighted by Gasteiger charge is 2.78. The highest BCUT2D eigenvalue weighted by Crippen LogP contribution is 2.64. The van der Waals surface area contributed by atoms with Crippen LogP contribution in [0.3, 0.4) is 0 Å². The van der Waals surface area contributed by atoms with E-state index in [0.717, 1.165) is 13.8 Å². The zero-order chi connectivity index (χ0) is 51.2. The van der Waals surface area contributed by atoms with Crippen LogP contribution in [0.5, 0.6) is 0 Å². The highest BCUT2D eigenvalue weighted by atomic mass is 16.6. The van der Waals surface area contributed by atoms with Crippen LogP contribution in [0, 0.1) is 22.3 Å². The van der Waals surface area contributed by atoms with E-state index in [-0.39, 0.29) is 35.3 Å². The molecule has 3 amide bonds. The molecule has 1 heterocycles. The molecule has 3 fully saturated rings. The molecule has 3 aromatic rings. The van der Waals surface area contributed by atoms with Crippen LogP contribution in [0.25, 0.3) is 0 Å². The van der Waals surface area contributed by atoms with Crippen molar-refractivity contribution in [1.29, 1.82) is 5.53 Å². The van der Waals surface area contributed by atoms with Gasteiger partial charge in [0.25, 0.3) is 5.91 Å². The molecule has 7 rings (SSSR count). The molecule has 21 nitrogen and oxygen atoms in total. The molecule has 3 aromatic carbocycles. The number of carbonyl (C=O) groups excluding carboxylic acids is 7. The molecule has 0 aromatic heterocycles. The number of amides is 3. The Morgan fingerprint density at radius 3 is 1.87 bits per heavy atom. The molecule has 3 aliphatic carbocycles. The molecule has 2 saturated carbocycles. The van der Waals surface area contributed by atoms with Crippen molar-refractivity contribution in [2.45, 2.75) is 108 Å². The largest absolute Gasteiger partial charge is 0.456 e. The average Bonchev–Trinajstić information content (AvgIpc) is 3.29. The van der Waals surface area contributed by atoms with Gasteiger partial charge in [0.2, 0.25) is 0 Å². The quantitative estimate of drug-likeness (QED) is 0.0362. The summed E-state index contributed by atoms with van der Waals surface area (Å²) in [6.07, 6.45) is -10.5. The molecule has 2 bridgehead atoms. The van der Waals surface area contributed by atoms with Crippen LogP contribution in [0.4, 0.5) is 4.79 Å². The minimum Gasteiger partial charge on any atom is -0.456 e. The summed E-state index contributed by atoms with van der Waals surface area (Å²) >= 11 is 0. The van der Waals surface area contributed by atoms with Gasteiger partial charge in [-0.1, -0.05) is 85.8 Å². The zero-order valence-electron chi connectivity index (χ0n) is 38.8. The minimum absolute atomic E-state index is 0.00289. The van der Waals surface area contributed by atoms with Gasteiger partial charge in [-0.05, 0) is 54.8 Å². The number of urea groups is 1. The predicted octanol–water partition coefficient (Wildman–Crippen LogP) is 2.65. The fraction of sp³-hybridized carbons (Fsp3) is 0.438. The van der Waals surface area contributed by atoms with Gasteiger partial charge in [-0.2, -0.15) is 5.53 Å². The zero-order valence-corrected chi connectivity index (χ0v) is 38.8. The highest BCUT2D eigenvalue weighted by molar-refractivity contribution is 5.96.